The van der Waals surface area contributed by atoms with Crippen molar-refractivity contribution in [2.45, 2.75) is 0 Å². The van der Waals surface area contributed by atoms with Crippen molar-refractivity contribution < 1.29 is 1.43 Å². The van der Waals surface area contributed by atoms with Crippen molar-refractivity contribution in [1.29, 1.82) is 0 Å². The van der Waals surface area contributed by atoms with Crippen molar-refractivity contribution in [2.75, 3.05) is 6.67 Å². The molecule has 0 saturated carbocycles. The fraction of sp³-hybridized carbons (Fsp3) is 0.200. The van der Waals surface area contributed by atoms with Crippen LogP contribution in [0.15, 0.2) is 17.3 Å². The number of nitrogens with zero attached hydrogens (tertiary/aromatic N) is 2. The molecule has 0 saturated heterocycles. The molecule has 0 bridgehead atoms. The Hall–Kier alpha value is -0.790. The molecule has 0 fully saturated rings. The second-order valence-electron chi connectivity index (χ2n) is 1.40. The van der Waals surface area contributed by atoms with Gasteiger partial charge in [-0.1, -0.05) is 0 Å². The van der Waals surface area contributed by atoms with E-state index in [0.29, 0.717) is 6.67 Å². The van der Waals surface area contributed by atoms with E-state index in [9.17, 15) is 0 Å². The minimum absolute atomic E-state index is 0. The van der Waals surface area contributed by atoms with E-state index in [-0.39, 0.29) is 1.43 Å². The maximum Gasteiger partial charge on any atom is 1.00 e. The van der Waals surface area contributed by atoms with E-state index in [1.54, 1.807) is 11.1 Å². The van der Waals surface area contributed by atoms with Crippen molar-refractivity contribution in [2.24, 2.45) is 4.99 Å². The molecule has 0 unspecified atom stereocenters. The Morgan fingerprint density at radius 2 is 2.71 bits per heavy atom. The van der Waals surface area contributed by atoms with Gasteiger partial charge in [-0.05, 0) is 6.08 Å². The lowest BCUT2D eigenvalue weighted by molar-refractivity contribution is 0.515. The van der Waals surface area contributed by atoms with E-state index in [1.165, 1.54) is 0 Å². The van der Waals surface area contributed by atoms with Crippen LogP contribution in [-0.2, 0) is 0 Å². The molecule has 0 aromatic heterocycles. The number of hydrogen-bond acceptors (Lipinski definition) is 2. The predicted molar refractivity (Wildman–Crippen MR) is 30.8 cm³/mol. The largest absolute Gasteiger partial charge is 1.00 e. The van der Waals surface area contributed by atoms with Gasteiger partial charge in [0, 0.05) is 19.5 Å². The smallest absolute Gasteiger partial charge is 0.357 e. The van der Waals surface area contributed by atoms with Gasteiger partial charge in [-0.25, -0.2) is 0 Å². The molecule has 7 heavy (non-hydrogen) atoms. The molecule has 1 aliphatic rings. The zero-order chi connectivity index (χ0) is 5.11. The second kappa shape index (κ2) is 1.78. The van der Waals surface area contributed by atoms with Gasteiger partial charge in [0.25, 0.3) is 0 Å². The van der Waals surface area contributed by atoms with Gasteiger partial charge in [0.1, 0.15) is 6.67 Å². The standard InChI is InChI=1S/C5H7N2/c1-7-4-2-3-6-5-7/h2-4H,1,5H2/p+1. The Kier molecular flexibility index (Phi) is 1.11. The van der Waals surface area contributed by atoms with E-state index >= 15 is 0 Å². The highest BCUT2D eigenvalue weighted by Gasteiger charge is 1.87. The summed E-state index contributed by atoms with van der Waals surface area (Å²) >= 11 is 0. The molecule has 0 aromatic rings. The third-order valence-corrected chi connectivity index (χ3v) is 0.752. The van der Waals surface area contributed by atoms with Gasteiger partial charge in [0.15, 0.2) is 0 Å². The molecule has 37 valence electrons. The number of hydrogen-bond donors (Lipinski definition) is 0. The summed E-state index contributed by atoms with van der Waals surface area (Å²) in [5.74, 6) is 0. The van der Waals surface area contributed by atoms with Gasteiger partial charge < -0.3 is 4.90 Å². The highest BCUT2D eigenvalue weighted by atomic mass is 15.2. The fourth-order valence-corrected chi connectivity index (χ4v) is 0.420. The minimum Gasteiger partial charge on any atom is -0.357 e. The van der Waals surface area contributed by atoms with E-state index in [2.05, 4.69) is 12.0 Å². The summed E-state index contributed by atoms with van der Waals surface area (Å²) in [7, 11) is 3.63. The third kappa shape index (κ3) is 1.03. The van der Waals surface area contributed by atoms with Crippen LogP contribution in [-0.4, -0.2) is 17.8 Å². The molecule has 1 aliphatic heterocycles. The summed E-state index contributed by atoms with van der Waals surface area (Å²) in [6.07, 6.45) is 5.51. The summed E-state index contributed by atoms with van der Waals surface area (Å²) in [4.78, 5) is 5.67. The summed E-state index contributed by atoms with van der Waals surface area (Å²) in [6.45, 7) is 0.691. The number of rotatable bonds is 0. The topological polar surface area (TPSA) is 15.6 Å². The molecule has 0 atom stereocenters. The lowest BCUT2D eigenvalue weighted by Gasteiger charge is -2.10. The first-order chi connectivity index (χ1) is 3.39. The Labute approximate surface area is 44.6 Å². The molecule has 0 aromatic carbocycles. The highest BCUT2D eigenvalue weighted by molar-refractivity contribution is 5.71. The normalized spacial score (nSPS) is 18.1. The fourth-order valence-electron chi connectivity index (χ4n) is 0.420. The average Bonchev–Trinajstić information content (AvgIpc) is 1.69. The van der Waals surface area contributed by atoms with Crippen LogP contribution in [0.25, 0.3) is 0 Å². The molecule has 0 N–H and O–H groups in total. The van der Waals surface area contributed by atoms with Crippen LogP contribution >= 0.6 is 0 Å². The first kappa shape index (κ1) is 4.37. The lowest BCUT2D eigenvalue weighted by Crippen LogP contribution is -2.09. The third-order valence-electron chi connectivity index (χ3n) is 0.752. The van der Waals surface area contributed by atoms with Crippen LogP contribution in [0, 0.1) is 7.05 Å². The average molecular weight is 96.1 g/mol. The molecular formula is C5H8N2+. The van der Waals surface area contributed by atoms with E-state index < -0.39 is 0 Å². The number of allylic oxidation sites excluding steroid dienone is 1. The van der Waals surface area contributed by atoms with Crippen LogP contribution in [0.3, 0.4) is 0 Å². The Morgan fingerprint density at radius 1 is 1.86 bits per heavy atom. The van der Waals surface area contributed by atoms with E-state index in [0.717, 1.165) is 0 Å². The Bertz CT molecular complexity index is 109. The van der Waals surface area contributed by atoms with Crippen molar-refractivity contribution >= 4 is 6.21 Å². The maximum absolute atomic E-state index is 3.91. The molecule has 1 heterocycles. The quantitative estimate of drug-likeness (QED) is 0.434. The monoisotopic (exact) mass is 96.1 g/mol. The summed E-state index contributed by atoms with van der Waals surface area (Å²) in [6, 6.07) is 0. The van der Waals surface area contributed by atoms with Crippen LogP contribution in [0.5, 0.6) is 0 Å². The summed E-state index contributed by atoms with van der Waals surface area (Å²) < 4.78 is 0. The van der Waals surface area contributed by atoms with Crippen LogP contribution in [0.1, 0.15) is 1.43 Å². The van der Waals surface area contributed by atoms with Gasteiger partial charge in [-0.15, -0.1) is 0 Å². The Balaban J connectivity index is 0.000000490. The second-order valence-corrected chi connectivity index (χ2v) is 1.40. The van der Waals surface area contributed by atoms with Gasteiger partial charge >= 0.3 is 1.43 Å². The first-order valence-corrected chi connectivity index (χ1v) is 2.13. The SMILES string of the molecule is [CH2]N1C=CC=NC1.[H+]. The summed E-state index contributed by atoms with van der Waals surface area (Å²) in [5, 5.41) is 0. The van der Waals surface area contributed by atoms with Crippen molar-refractivity contribution in [3.8, 4) is 0 Å². The Morgan fingerprint density at radius 3 is 3.00 bits per heavy atom. The van der Waals surface area contributed by atoms with Crippen LogP contribution in [0.2, 0.25) is 0 Å². The van der Waals surface area contributed by atoms with E-state index in [4.69, 9.17) is 0 Å². The minimum atomic E-state index is 0. The molecular weight excluding hydrogens is 88.1 g/mol. The van der Waals surface area contributed by atoms with Crippen LogP contribution < -0.4 is 0 Å². The predicted octanol–water partition coefficient (Wildman–Crippen LogP) is 0.748. The molecule has 0 amide bonds. The van der Waals surface area contributed by atoms with Crippen molar-refractivity contribution in [1.82, 2.24) is 4.90 Å². The van der Waals surface area contributed by atoms with Crippen molar-refractivity contribution in [3.63, 3.8) is 0 Å². The van der Waals surface area contributed by atoms with Gasteiger partial charge in [0.2, 0.25) is 0 Å². The molecule has 0 aliphatic carbocycles. The zero-order valence-electron chi connectivity index (χ0n) is 5.04. The molecule has 0 spiro atoms. The van der Waals surface area contributed by atoms with Crippen LogP contribution in [0.4, 0.5) is 0 Å². The highest BCUT2D eigenvalue weighted by Crippen LogP contribution is 1.89. The van der Waals surface area contributed by atoms with Gasteiger partial charge in [-0.2, -0.15) is 0 Å². The first-order valence-electron chi connectivity index (χ1n) is 2.13. The van der Waals surface area contributed by atoms with E-state index in [1.807, 2.05) is 12.3 Å². The van der Waals surface area contributed by atoms with Crippen molar-refractivity contribution in [3.05, 3.63) is 19.3 Å². The lowest BCUT2D eigenvalue weighted by atomic mass is 10.6. The zero-order valence-corrected chi connectivity index (χ0v) is 4.04. The molecule has 2 nitrogen and oxygen atoms in total. The molecule has 2 heteroatoms. The maximum atomic E-state index is 3.91. The molecule has 1 radical (unpaired) electrons. The van der Waals surface area contributed by atoms with Gasteiger partial charge in [0.05, 0.1) is 0 Å². The van der Waals surface area contributed by atoms with Gasteiger partial charge in [-0.3, -0.25) is 4.99 Å². The summed E-state index contributed by atoms with van der Waals surface area (Å²) in [5.41, 5.74) is 0. The molecule has 1 rings (SSSR count). The number of aliphatic imine (C=N–C) groups is 1.